The van der Waals surface area contributed by atoms with Crippen LogP contribution in [0.15, 0.2) is 18.2 Å². The van der Waals surface area contributed by atoms with Crippen molar-refractivity contribution in [3.63, 3.8) is 0 Å². The van der Waals surface area contributed by atoms with Crippen LogP contribution < -0.4 is 0 Å². The molecule has 0 spiro atoms. The van der Waals surface area contributed by atoms with E-state index in [0.717, 1.165) is 37.7 Å². The van der Waals surface area contributed by atoms with Gasteiger partial charge in [-0.25, -0.2) is 8.78 Å². The van der Waals surface area contributed by atoms with Gasteiger partial charge in [-0.2, -0.15) is 0 Å². The minimum atomic E-state index is -0.682. The van der Waals surface area contributed by atoms with E-state index in [9.17, 15) is 13.6 Å². The van der Waals surface area contributed by atoms with Crippen LogP contribution in [0.3, 0.4) is 0 Å². The van der Waals surface area contributed by atoms with E-state index in [-0.39, 0.29) is 5.56 Å². The van der Waals surface area contributed by atoms with Gasteiger partial charge in [0.05, 0.1) is 5.56 Å². The van der Waals surface area contributed by atoms with Gasteiger partial charge in [-0.1, -0.05) is 0 Å². The van der Waals surface area contributed by atoms with E-state index < -0.39 is 17.5 Å². The molecule has 110 valence electrons. The number of rotatable bonds is 3. The van der Waals surface area contributed by atoms with Gasteiger partial charge in [0.15, 0.2) is 0 Å². The van der Waals surface area contributed by atoms with E-state index >= 15 is 0 Å². The Labute approximate surface area is 122 Å². The molecular formula is C14H17ClF2N2O. The normalized spacial score (nSPS) is 17.1. The third kappa shape index (κ3) is 3.67. The van der Waals surface area contributed by atoms with Crippen molar-refractivity contribution in [3.8, 4) is 0 Å². The van der Waals surface area contributed by atoms with Crippen LogP contribution in [0, 0.1) is 11.6 Å². The van der Waals surface area contributed by atoms with Crippen molar-refractivity contribution in [2.75, 3.05) is 38.6 Å². The second-order valence-electron chi connectivity index (χ2n) is 4.80. The Morgan fingerprint density at radius 1 is 1.20 bits per heavy atom. The molecule has 2 rings (SSSR count). The van der Waals surface area contributed by atoms with Gasteiger partial charge in [-0.3, -0.25) is 4.79 Å². The molecule has 0 N–H and O–H groups in total. The summed E-state index contributed by atoms with van der Waals surface area (Å²) in [6.07, 6.45) is 0.805. The average molecular weight is 303 g/mol. The van der Waals surface area contributed by atoms with Crippen molar-refractivity contribution < 1.29 is 13.6 Å². The van der Waals surface area contributed by atoms with E-state index in [1.807, 2.05) is 0 Å². The van der Waals surface area contributed by atoms with Crippen LogP contribution in [0.4, 0.5) is 8.78 Å². The lowest BCUT2D eigenvalue weighted by molar-refractivity contribution is 0.0756. The van der Waals surface area contributed by atoms with Gasteiger partial charge in [0.25, 0.3) is 5.91 Å². The Balaban J connectivity index is 2.07. The maximum absolute atomic E-state index is 13.6. The molecule has 1 amide bonds. The highest BCUT2D eigenvalue weighted by Crippen LogP contribution is 2.14. The number of hydrogen-bond acceptors (Lipinski definition) is 2. The van der Waals surface area contributed by atoms with Crippen molar-refractivity contribution in [1.29, 1.82) is 0 Å². The number of hydrogen-bond donors (Lipinski definition) is 0. The van der Waals surface area contributed by atoms with Crippen LogP contribution in [0.2, 0.25) is 0 Å². The molecule has 0 atom stereocenters. The highest BCUT2D eigenvalue weighted by Gasteiger charge is 2.22. The van der Waals surface area contributed by atoms with E-state index in [2.05, 4.69) is 4.90 Å². The lowest BCUT2D eigenvalue weighted by Crippen LogP contribution is -2.36. The van der Waals surface area contributed by atoms with Crippen molar-refractivity contribution >= 4 is 17.5 Å². The first-order valence-electron chi connectivity index (χ1n) is 6.64. The Morgan fingerprint density at radius 3 is 2.75 bits per heavy atom. The number of carbonyl (C=O) groups excluding carboxylic acids is 1. The monoisotopic (exact) mass is 302 g/mol. The highest BCUT2D eigenvalue weighted by atomic mass is 35.5. The van der Waals surface area contributed by atoms with Crippen LogP contribution in [0.1, 0.15) is 16.8 Å². The van der Waals surface area contributed by atoms with E-state index in [4.69, 9.17) is 11.6 Å². The molecule has 0 unspecified atom stereocenters. The Bertz CT molecular complexity index is 484. The molecule has 1 aliphatic heterocycles. The second-order valence-corrected chi connectivity index (χ2v) is 5.18. The van der Waals surface area contributed by atoms with Crippen molar-refractivity contribution in [2.45, 2.75) is 6.42 Å². The summed E-state index contributed by atoms with van der Waals surface area (Å²) in [5.41, 5.74) is -0.198. The molecule has 6 heteroatoms. The molecule has 20 heavy (non-hydrogen) atoms. The summed E-state index contributed by atoms with van der Waals surface area (Å²) in [5.74, 6) is -1.19. The first-order chi connectivity index (χ1) is 9.61. The molecule has 3 nitrogen and oxygen atoms in total. The van der Waals surface area contributed by atoms with Gasteiger partial charge in [0.2, 0.25) is 0 Å². The minimum absolute atomic E-state index is 0.198. The largest absolute Gasteiger partial charge is 0.337 e. The van der Waals surface area contributed by atoms with Crippen molar-refractivity contribution in [1.82, 2.24) is 9.80 Å². The highest BCUT2D eigenvalue weighted by molar-refractivity contribution is 6.18. The van der Waals surface area contributed by atoms with Crippen LogP contribution in [0.5, 0.6) is 0 Å². The van der Waals surface area contributed by atoms with Crippen LogP contribution >= 0.6 is 11.6 Å². The Morgan fingerprint density at radius 2 is 2.00 bits per heavy atom. The summed E-state index contributed by atoms with van der Waals surface area (Å²) in [4.78, 5) is 16.0. The number of nitrogens with zero attached hydrogens (tertiary/aromatic N) is 2. The third-order valence-corrected chi connectivity index (χ3v) is 3.60. The number of alkyl halides is 1. The summed E-state index contributed by atoms with van der Waals surface area (Å²) >= 11 is 5.71. The smallest absolute Gasteiger partial charge is 0.256 e. The minimum Gasteiger partial charge on any atom is -0.337 e. The van der Waals surface area contributed by atoms with E-state index in [1.165, 1.54) is 0 Å². The maximum Gasteiger partial charge on any atom is 0.256 e. The van der Waals surface area contributed by atoms with Gasteiger partial charge in [-0.05, 0) is 31.2 Å². The number of benzene rings is 1. The standard InChI is InChI=1S/C14H17ClF2N2O/c15-4-7-18-5-1-6-19(9-8-18)14(20)12-10-11(16)2-3-13(12)17/h2-3,10H,1,4-9H2. The molecule has 1 aromatic rings. The lowest BCUT2D eigenvalue weighted by atomic mass is 10.1. The zero-order valence-electron chi connectivity index (χ0n) is 11.1. The Kier molecular flexibility index (Phi) is 5.31. The molecule has 1 aliphatic rings. The molecule has 0 radical (unpaired) electrons. The molecule has 1 heterocycles. The van der Waals surface area contributed by atoms with Gasteiger partial charge in [0.1, 0.15) is 11.6 Å². The second kappa shape index (κ2) is 6.99. The lowest BCUT2D eigenvalue weighted by Gasteiger charge is -2.21. The third-order valence-electron chi connectivity index (χ3n) is 3.44. The fraction of sp³-hybridized carbons (Fsp3) is 0.500. The van der Waals surface area contributed by atoms with Gasteiger partial charge >= 0.3 is 0 Å². The topological polar surface area (TPSA) is 23.6 Å². The quantitative estimate of drug-likeness (QED) is 0.800. The predicted molar refractivity (Wildman–Crippen MR) is 74.0 cm³/mol. The summed E-state index contributed by atoms with van der Waals surface area (Å²) in [6.45, 7) is 3.40. The first kappa shape index (κ1) is 15.2. The maximum atomic E-state index is 13.6. The van der Waals surface area contributed by atoms with Gasteiger partial charge < -0.3 is 9.80 Å². The molecule has 1 aromatic carbocycles. The predicted octanol–water partition coefficient (Wildman–Crippen LogP) is 2.35. The number of amides is 1. The van der Waals surface area contributed by atoms with Crippen molar-refractivity contribution in [2.24, 2.45) is 0 Å². The van der Waals surface area contributed by atoms with Crippen LogP contribution in [0.25, 0.3) is 0 Å². The first-order valence-corrected chi connectivity index (χ1v) is 7.18. The summed E-state index contributed by atoms with van der Waals surface area (Å²) in [5, 5.41) is 0. The fourth-order valence-corrected chi connectivity index (χ4v) is 2.59. The van der Waals surface area contributed by atoms with E-state index in [1.54, 1.807) is 4.90 Å². The molecule has 0 aliphatic carbocycles. The van der Waals surface area contributed by atoms with Gasteiger partial charge in [-0.15, -0.1) is 11.6 Å². The summed E-state index contributed by atoms with van der Waals surface area (Å²) in [7, 11) is 0. The van der Waals surface area contributed by atoms with Crippen molar-refractivity contribution in [3.05, 3.63) is 35.4 Å². The average Bonchev–Trinajstić information content (AvgIpc) is 2.67. The zero-order chi connectivity index (χ0) is 14.5. The molecular weight excluding hydrogens is 286 g/mol. The molecule has 1 fully saturated rings. The van der Waals surface area contributed by atoms with Crippen LogP contribution in [-0.4, -0.2) is 54.3 Å². The summed E-state index contributed by atoms with van der Waals surface area (Å²) in [6, 6.07) is 2.95. The molecule has 0 bridgehead atoms. The zero-order valence-corrected chi connectivity index (χ0v) is 11.9. The molecule has 0 saturated carbocycles. The number of halogens is 3. The SMILES string of the molecule is O=C(c1cc(F)ccc1F)N1CCCN(CCCl)CC1. The van der Waals surface area contributed by atoms with Crippen LogP contribution in [-0.2, 0) is 0 Å². The Hall–Kier alpha value is -1.20. The summed E-state index contributed by atoms with van der Waals surface area (Å²) < 4.78 is 26.8. The molecule has 0 aromatic heterocycles. The van der Waals surface area contributed by atoms with E-state index in [0.29, 0.717) is 25.5 Å². The fourth-order valence-electron chi connectivity index (χ4n) is 2.35. The number of carbonyl (C=O) groups is 1. The molecule has 1 saturated heterocycles. The van der Waals surface area contributed by atoms with Gasteiger partial charge in [0, 0.05) is 32.1 Å².